The Bertz CT molecular complexity index is 580. The van der Waals surface area contributed by atoms with Crippen LogP contribution >= 0.6 is 11.6 Å². The van der Waals surface area contributed by atoms with Crippen molar-refractivity contribution in [2.75, 3.05) is 13.7 Å². The zero-order valence-electron chi connectivity index (χ0n) is 11.3. The number of halogens is 1. The van der Waals surface area contributed by atoms with Crippen LogP contribution in [0.5, 0.6) is 0 Å². The molecule has 1 aromatic heterocycles. The van der Waals surface area contributed by atoms with Gasteiger partial charge >= 0.3 is 0 Å². The third-order valence-corrected chi connectivity index (χ3v) is 3.15. The molecule has 1 amide bonds. The van der Waals surface area contributed by atoms with E-state index in [1.54, 1.807) is 18.3 Å². The summed E-state index contributed by atoms with van der Waals surface area (Å²) >= 11 is 5.90. The van der Waals surface area contributed by atoms with Crippen LogP contribution in [0.4, 0.5) is 0 Å². The predicted octanol–water partition coefficient (Wildman–Crippen LogP) is 1.93. The highest BCUT2D eigenvalue weighted by atomic mass is 35.5. The van der Waals surface area contributed by atoms with Crippen LogP contribution in [0.2, 0.25) is 5.02 Å². The summed E-state index contributed by atoms with van der Waals surface area (Å²) in [5, 5.41) is 3.56. The van der Waals surface area contributed by atoms with Crippen LogP contribution in [0.15, 0.2) is 36.7 Å². The first-order chi connectivity index (χ1) is 9.61. The molecule has 1 atom stereocenters. The van der Waals surface area contributed by atoms with Crippen LogP contribution in [0.25, 0.3) is 0 Å². The van der Waals surface area contributed by atoms with Crippen LogP contribution in [0.1, 0.15) is 17.4 Å². The molecule has 6 heteroatoms. The normalized spacial score (nSPS) is 12.2. The molecule has 5 nitrogen and oxygen atoms in total. The lowest BCUT2D eigenvalue weighted by atomic mass is 10.1. The van der Waals surface area contributed by atoms with Crippen molar-refractivity contribution in [3.63, 3.8) is 0 Å². The molecule has 1 N–H and O–H groups in total. The van der Waals surface area contributed by atoms with E-state index in [1.807, 2.05) is 29.9 Å². The average Bonchev–Trinajstić information content (AvgIpc) is 2.84. The van der Waals surface area contributed by atoms with Crippen molar-refractivity contribution in [1.29, 1.82) is 0 Å². The summed E-state index contributed by atoms with van der Waals surface area (Å²) in [7, 11) is 3.37. The molecule has 0 unspecified atom stereocenters. The molecule has 2 rings (SSSR count). The van der Waals surface area contributed by atoms with Crippen molar-refractivity contribution in [2.45, 2.75) is 6.04 Å². The average molecular weight is 294 g/mol. The summed E-state index contributed by atoms with van der Waals surface area (Å²) in [5.74, 6) is 0.548. The zero-order chi connectivity index (χ0) is 14.5. The Hall–Kier alpha value is -1.85. The van der Waals surface area contributed by atoms with E-state index in [-0.39, 0.29) is 18.6 Å². The molecule has 1 aromatic carbocycles. The molecule has 0 aliphatic carbocycles. The number of carbonyl (C=O) groups excluding carboxylic acids is 1. The van der Waals surface area contributed by atoms with Crippen LogP contribution in [0.3, 0.4) is 0 Å². The molecule has 0 saturated carbocycles. The van der Waals surface area contributed by atoms with Gasteiger partial charge in [0.2, 0.25) is 5.91 Å². The predicted molar refractivity (Wildman–Crippen MR) is 76.5 cm³/mol. The van der Waals surface area contributed by atoms with Crippen LogP contribution in [-0.4, -0.2) is 29.2 Å². The van der Waals surface area contributed by atoms with E-state index < -0.39 is 0 Å². The van der Waals surface area contributed by atoms with Crippen molar-refractivity contribution < 1.29 is 9.53 Å². The largest absolute Gasteiger partial charge is 0.375 e. The van der Waals surface area contributed by atoms with E-state index in [4.69, 9.17) is 16.3 Å². The van der Waals surface area contributed by atoms with Gasteiger partial charge in [0.25, 0.3) is 0 Å². The maximum Gasteiger partial charge on any atom is 0.246 e. The number of ether oxygens (including phenoxy) is 1. The minimum absolute atomic E-state index is 0.00845. The Balaban J connectivity index is 2.31. The SMILES string of the molecule is COCC(=O)N[C@@H](c1ccc(Cl)cc1)c1nccn1C. The number of hydrogen-bond acceptors (Lipinski definition) is 3. The van der Waals surface area contributed by atoms with Gasteiger partial charge in [-0.05, 0) is 17.7 Å². The molecule has 0 fully saturated rings. The molecule has 0 radical (unpaired) electrons. The number of imidazole rings is 1. The summed E-state index contributed by atoms with van der Waals surface area (Å²) in [6, 6.07) is 6.98. The zero-order valence-corrected chi connectivity index (χ0v) is 12.1. The Kier molecular flexibility index (Phi) is 4.76. The van der Waals surface area contributed by atoms with E-state index in [1.165, 1.54) is 7.11 Å². The van der Waals surface area contributed by atoms with E-state index >= 15 is 0 Å². The van der Waals surface area contributed by atoms with E-state index in [2.05, 4.69) is 10.3 Å². The molecule has 20 heavy (non-hydrogen) atoms. The fourth-order valence-corrected chi connectivity index (χ4v) is 2.07. The second kappa shape index (κ2) is 6.54. The second-order valence-electron chi connectivity index (χ2n) is 4.38. The minimum Gasteiger partial charge on any atom is -0.375 e. The first kappa shape index (κ1) is 14.6. The van der Waals surface area contributed by atoms with Gasteiger partial charge in [-0.25, -0.2) is 4.98 Å². The molecule has 106 valence electrons. The maximum atomic E-state index is 11.8. The molecular weight excluding hydrogens is 278 g/mol. The van der Waals surface area contributed by atoms with Gasteiger partial charge in [0.1, 0.15) is 18.5 Å². The van der Waals surface area contributed by atoms with Crippen molar-refractivity contribution in [1.82, 2.24) is 14.9 Å². The number of aromatic nitrogens is 2. The monoisotopic (exact) mass is 293 g/mol. The second-order valence-corrected chi connectivity index (χ2v) is 4.82. The molecular formula is C14H16ClN3O2. The molecule has 0 saturated heterocycles. The summed E-state index contributed by atoms with van der Waals surface area (Å²) in [5.41, 5.74) is 0.910. The summed E-state index contributed by atoms with van der Waals surface area (Å²) in [6.07, 6.45) is 3.53. The third kappa shape index (κ3) is 3.37. The summed E-state index contributed by atoms with van der Waals surface area (Å²) < 4.78 is 6.71. The number of nitrogens with zero attached hydrogens (tertiary/aromatic N) is 2. The number of benzene rings is 1. The van der Waals surface area contributed by atoms with Crippen LogP contribution in [0, 0.1) is 0 Å². The van der Waals surface area contributed by atoms with Gasteiger partial charge in [0.15, 0.2) is 0 Å². The van der Waals surface area contributed by atoms with Crippen molar-refractivity contribution in [3.8, 4) is 0 Å². The van der Waals surface area contributed by atoms with Gasteiger partial charge in [-0.3, -0.25) is 4.79 Å². The molecule has 2 aromatic rings. The highest BCUT2D eigenvalue weighted by Gasteiger charge is 2.20. The number of aryl methyl sites for hydroxylation is 1. The van der Waals surface area contributed by atoms with E-state index in [0.717, 1.165) is 11.4 Å². The van der Waals surface area contributed by atoms with Crippen LogP contribution < -0.4 is 5.32 Å². The molecule has 0 spiro atoms. The number of rotatable bonds is 5. The lowest BCUT2D eigenvalue weighted by Crippen LogP contribution is -2.33. The molecule has 0 aliphatic heterocycles. The lowest BCUT2D eigenvalue weighted by molar-refractivity contribution is -0.125. The minimum atomic E-state index is -0.338. The third-order valence-electron chi connectivity index (χ3n) is 2.90. The van der Waals surface area contributed by atoms with Gasteiger partial charge in [0, 0.05) is 31.6 Å². The number of methoxy groups -OCH3 is 1. The number of nitrogens with one attached hydrogen (secondary N) is 1. The standard InChI is InChI=1S/C14H16ClN3O2/c1-18-8-7-16-14(18)13(17-12(19)9-20-2)10-3-5-11(15)6-4-10/h3-8,13H,9H2,1-2H3,(H,17,19)/t13-/m0/s1. The first-order valence-electron chi connectivity index (χ1n) is 6.13. The molecule has 0 bridgehead atoms. The Morgan fingerprint density at radius 1 is 1.45 bits per heavy atom. The van der Waals surface area contributed by atoms with Gasteiger partial charge < -0.3 is 14.6 Å². The van der Waals surface area contributed by atoms with Crippen molar-refractivity contribution in [2.24, 2.45) is 7.05 Å². The Morgan fingerprint density at radius 2 is 2.15 bits per heavy atom. The van der Waals surface area contributed by atoms with E-state index in [9.17, 15) is 4.79 Å². The van der Waals surface area contributed by atoms with Gasteiger partial charge in [-0.15, -0.1) is 0 Å². The van der Waals surface area contributed by atoms with Gasteiger partial charge in [-0.1, -0.05) is 23.7 Å². The fourth-order valence-electron chi connectivity index (χ4n) is 1.94. The quantitative estimate of drug-likeness (QED) is 0.916. The van der Waals surface area contributed by atoms with Crippen LogP contribution in [-0.2, 0) is 16.6 Å². The number of carbonyl (C=O) groups is 1. The smallest absolute Gasteiger partial charge is 0.246 e. The lowest BCUT2D eigenvalue weighted by Gasteiger charge is -2.19. The first-order valence-corrected chi connectivity index (χ1v) is 6.50. The fraction of sp³-hybridized carbons (Fsp3) is 0.286. The van der Waals surface area contributed by atoms with Gasteiger partial charge in [-0.2, -0.15) is 0 Å². The number of amides is 1. The maximum absolute atomic E-state index is 11.8. The van der Waals surface area contributed by atoms with Crippen molar-refractivity contribution >= 4 is 17.5 Å². The van der Waals surface area contributed by atoms with Gasteiger partial charge in [0.05, 0.1) is 0 Å². The molecule has 1 heterocycles. The highest BCUT2D eigenvalue weighted by Crippen LogP contribution is 2.22. The Morgan fingerprint density at radius 3 is 2.70 bits per heavy atom. The Labute approximate surface area is 122 Å². The van der Waals surface area contributed by atoms with E-state index in [0.29, 0.717) is 5.02 Å². The summed E-state index contributed by atoms with van der Waals surface area (Å²) in [6.45, 7) is 0.00845. The molecule has 0 aliphatic rings. The van der Waals surface area contributed by atoms with Crippen molar-refractivity contribution in [3.05, 3.63) is 53.1 Å². The highest BCUT2D eigenvalue weighted by molar-refractivity contribution is 6.30. The number of hydrogen-bond donors (Lipinski definition) is 1. The topological polar surface area (TPSA) is 56.1 Å². The summed E-state index contributed by atoms with van der Waals surface area (Å²) in [4.78, 5) is 16.1.